The Bertz CT molecular complexity index is 616. The summed E-state index contributed by atoms with van der Waals surface area (Å²) in [5.41, 5.74) is 0.614. The third-order valence-corrected chi connectivity index (χ3v) is 5.86. The quantitative estimate of drug-likeness (QED) is 0.920. The molecule has 5 nitrogen and oxygen atoms in total. The van der Waals surface area contributed by atoms with E-state index in [1.165, 1.54) is 12.8 Å². The first kappa shape index (κ1) is 17.8. The van der Waals surface area contributed by atoms with Crippen LogP contribution in [0.5, 0.6) is 0 Å². The topological polar surface area (TPSA) is 59.4 Å². The van der Waals surface area contributed by atoms with Crippen LogP contribution in [0.3, 0.4) is 0 Å². The van der Waals surface area contributed by atoms with Gasteiger partial charge in [-0.05, 0) is 44.8 Å². The highest BCUT2D eigenvalue weighted by atomic mass is 16.2. The highest BCUT2D eigenvalue weighted by Crippen LogP contribution is 2.34. The fraction of sp³-hybridized carbons (Fsp3) is 0.600. The lowest BCUT2D eigenvalue weighted by Gasteiger charge is -2.38. The van der Waals surface area contributed by atoms with Crippen LogP contribution in [0.15, 0.2) is 30.3 Å². The summed E-state index contributed by atoms with van der Waals surface area (Å²) in [5.74, 6) is 0. The number of nitriles is 1. The first-order chi connectivity index (χ1) is 12.1. The van der Waals surface area contributed by atoms with Crippen LogP contribution < -0.4 is 5.32 Å². The summed E-state index contributed by atoms with van der Waals surface area (Å²) in [7, 11) is 2.14. The second kappa shape index (κ2) is 7.88. The minimum Gasteiger partial charge on any atom is -0.336 e. The van der Waals surface area contributed by atoms with Crippen molar-refractivity contribution in [1.29, 1.82) is 5.26 Å². The lowest BCUT2D eigenvalue weighted by Crippen LogP contribution is -2.51. The first-order valence-electron chi connectivity index (χ1n) is 9.34. The molecule has 2 amide bonds. The number of hydrogen-bond acceptors (Lipinski definition) is 3. The molecule has 1 atom stereocenters. The summed E-state index contributed by atoms with van der Waals surface area (Å²) in [6, 6.07) is 13.0. The fourth-order valence-corrected chi connectivity index (χ4v) is 4.03. The number of urea groups is 1. The summed E-state index contributed by atoms with van der Waals surface area (Å²) >= 11 is 0. The number of amides is 2. The van der Waals surface area contributed by atoms with Crippen molar-refractivity contribution in [2.24, 2.45) is 0 Å². The SMILES string of the molecule is CN1CCCC[C@@H]1CNC(=O)N1CCC(C#N)(c2ccccc2)CC1. The molecule has 1 N–H and O–H groups in total. The zero-order chi connectivity index (χ0) is 17.7. The molecular formula is C20H28N4O. The van der Waals surface area contributed by atoms with Crippen LogP contribution in [-0.2, 0) is 5.41 Å². The van der Waals surface area contributed by atoms with E-state index in [0.717, 1.165) is 18.5 Å². The van der Waals surface area contributed by atoms with Gasteiger partial charge in [0.15, 0.2) is 0 Å². The van der Waals surface area contributed by atoms with Crippen LogP contribution in [0.1, 0.15) is 37.7 Å². The van der Waals surface area contributed by atoms with Gasteiger partial charge in [0.1, 0.15) is 0 Å². The van der Waals surface area contributed by atoms with Gasteiger partial charge in [0.05, 0.1) is 11.5 Å². The summed E-state index contributed by atoms with van der Waals surface area (Å²) < 4.78 is 0. The maximum absolute atomic E-state index is 12.5. The van der Waals surface area contributed by atoms with Gasteiger partial charge in [-0.2, -0.15) is 5.26 Å². The smallest absolute Gasteiger partial charge is 0.317 e. The lowest BCUT2D eigenvalue weighted by molar-refractivity contribution is 0.156. The van der Waals surface area contributed by atoms with Gasteiger partial charge in [-0.15, -0.1) is 0 Å². The second-order valence-electron chi connectivity index (χ2n) is 7.36. The van der Waals surface area contributed by atoms with Gasteiger partial charge in [-0.1, -0.05) is 36.8 Å². The van der Waals surface area contributed by atoms with Crippen molar-refractivity contribution in [3.8, 4) is 6.07 Å². The van der Waals surface area contributed by atoms with Crippen LogP contribution in [-0.4, -0.2) is 55.1 Å². The van der Waals surface area contributed by atoms with E-state index in [9.17, 15) is 10.1 Å². The molecule has 1 aromatic rings. The molecule has 25 heavy (non-hydrogen) atoms. The normalized spacial score (nSPS) is 23.7. The van der Waals surface area contributed by atoms with Crippen molar-refractivity contribution in [2.45, 2.75) is 43.6 Å². The van der Waals surface area contributed by atoms with Crippen molar-refractivity contribution < 1.29 is 4.79 Å². The Balaban J connectivity index is 1.53. The molecule has 0 unspecified atom stereocenters. The molecule has 0 aromatic heterocycles. The van der Waals surface area contributed by atoms with E-state index in [0.29, 0.717) is 38.5 Å². The van der Waals surface area contributed by atoms with Crippen molar-refractivity contribution >= 4 is 6.03 Å². The zero-order valence-electron chi connectivity index (χ0n) is 15.1. The average molecular weight is 340 g/mol. The van der Waals surface area contributed by atoms with Crippen molar-refractivity contribution in [3.63, 3.8) is 0 Å². The molecule has 0 aliphatic carbocycles. The predicted octanol–water partition coefficient (Wildman–Crippen LogP) is 2.74. The molecule has 2 saturated heterocycles. The van der Waals surface area contributed by atoms with Crippen molar-refractivity contribution in [3.05, 3.63) is 35.9 Å². The lowest BCUT2D eigenvalue weighted by atomic mass is 9.74. The maximum Gasteiger partial charge on any atom is 0.317 e. The molecule has 5 heteroatoms. The first-order valence-corrected chi connectivity index (χ1v) is 9.34. The second-order valence-corrected chi connectivity index (χ2v) is 7.36. The number of likely N-dealkylation sites (N-methyl/N-ethyl adjacent to an activating group) is 1. The third-order valence-electron chi connectivity index (χ3n) is 5.86. The Labute approximate surface area is 150 Å². The van der Waals surface area contributed by atoms with Crippen LogP contribution in [0, 0.1) is 11.3 Å². The van der Waals surface area contributed by atoms with Gasteiger partial charge in [-0.3, -0.25) is 0 Å². The van der Waals surface area contributed by atoms with Crippen LogP contribution in [0.2, 0.25) is 0 Å². The number of piperidine rings is 2. The monoisotopic (exact) mass is 340 g/mol. The molecule has 3 rings (SSSR count). The number of nitrogens with one attached hydrogen (secondary N) is 1. The Hall–Kier alpha value is -2.06. The van der Waals surface area contributed by atoms with Crippen LogP contribution >= 0.6 is 0 Å². The van der Waals surface area contributed by atoms with Gasteiger partial charge >= 0.3 is 6.03 Å². The minimum atomic E-state index is -0.457. The van der Waals surface area contributed by atoms with Gasteiger partial charge in [0, 0.05) is 25.7 Å². The molecule has 0 saturated carbocycles. The van der Waals surface area contributed by atoms with E-state index < -0.39 is 5.41 Å². The molecule has 0 radical (unpaired) electrons. The number of likely N-dealkylation sites (tertiary alicyclic amines) is 2. The largest absolute Gasteiger partial charge is 0.336 e. The number of carbonyl (C=O) groups excluding carboxylic acids is 1. The standard InChI is InChI=1S/C20H28N4O/c1-23-12-6-5-9-18(23)15-22-19(25)24-13-10-20(16-21,11-14-24)17-7-3-2-4-8-17/h2-4,7-8,18H,5-6,9-15H2,1H3,(H,22,25)/t18-/m1/s1. The zero-order valence-corrected chi connectivity index (χ0v) is 15.1. The molecular weight excluding hydrogens is 312 g/mol. The molecule has 2 heterocycles. The number of hydrogen-bond donors (Lipinski definition) is 1. The molecule has 134 valence electrons. The average Bonchev–Trinajstić information content (AvgIpc) is 2.68. The van der Waals surface area contributed by atoms with E-state index >= 15 is 0 Å². The highest BCUT2D eigenvalue weighted by molar-refractivity contribution is 5.74. The van der Waals surface area contributed by atoms with E-state index in [1.807, 2.05) is 35.2 Å². The summed E-state index contributed by atoms with van der Waals surface area (Å²) in [4.78, 5) is 16.7. The Morgan fingerprint density at radius 2 is 1.96 bits per heavy atom. The van der Waals surface area contributed by atoms with E-state index in [-0.39, 0.29) is 6.03 Å². The number of carbonyl (C=O) groups is 1. The van der Waals surface area contributed by atoms with Crippen LogP contribution in [0.4, 0.5) is 4.79 Å². The van der Waals surface area contributed by atoms with Crippen molar-refractivity contribution in [1.82, 2.24) is 15.1 Å². The molecule has 2 aliphatic heterocycles. The Morgan fingerprint density at radius 3 is 2.60 bits per heavy atom. The Kier molecular flexibility index (Phi) is 5.60. The fourth-order valence-electron chi connectivity index (χ4n) is 4.03. The van der Waals surface area contributed by atoms with Gasteiger partial charge in [0.25, 0.3) is 0 Å². The maximum atomic E-state index is 12.5. The predicted molar refractivity (Wildman–Crippen MR) is 98.2 cm³/mol. The molecule has 2 aliphatic rings. The summed E-state index contributed by atoms with van der Waals surface area (Å²) in [6.07, 6.45) is 5.05. The van der Waals surface area contributed by atoms with E-state index in [4.69, 9.17) is 0 Å². The van der Waals surface area contributed by atoms with Gasteiger partial charge < -0.3 is 15.1 Å². The third kappa shape index (κ3) is 3.96. The number of rotatable bonds is 3. The number of benzene rings is 1. The van der Waals surface area contributed by atoms with Crippen LogP contribution in [0.25, 0.3) is 0 Å². The molecule has 0 spiro atoms. The molecule has 1 aromatic carbocycles. The number of nitrogens with zero attached hydrogens (tertiary/aromatic N) is 3. The summed E-state index contributed by atoms with van der Waals surface area (Å²) in [6.45, 7) is 3.10. The van der Waals surface area contributed by atoms with Crippen molar-refractivity contribution in [2.75, 3.05) is 33.2 Å². The highest BCUT2D eigenvalue weighted by Gasteiger charge is 2.37. The Morgan fingerprint density at radius 1 is 1.24 bits per heavy atom. The minimum absolute atomic E-state index is 0.0126. The van der Waals surface area contributed by atoms with E-state index in [1.54, 1.807) is 0 Å². The van der Waals surface area contributed by atoms with Gasteiger partial charge in [0.2, 0.25) is 0 Å². The van der Waals surface area contributed by atoms with Gasteiger partial charge in [-0.25, -0.2) is 4.79 Å². The summed E-state index contributed by atoms with van der Waals surface area (Å²) in [5, 5.41) is 12.8. The molecule has 0 bridgehead atoms. The van der Waals surface area contributed by atoms with E-state index in [2.05, 4.69) is 23.3 Å². The molecule has 2 fully saturated rings.